The predicted molar refractivity (Wildman–Crippen MR) is 44.3 cm³/mol. The third-order valence-electron chi connectivity index (χ3n) is 0.992. The molecule has 0 unspecified atom stereocenters. The van der Waals surface area contributed by atoms with E-state index >= 15 is 0 Å². The standard InChI is InChI=1S/C4H10O2.C4H10/c1-5-3-4-6-2;1-3-4-2/h3-4H2,1-2H3;3-4H2,1-2H3. The molecule has 0 spiro atoms. The van der Waals surface area contributed by atoms with Gasteiger partial charge in [0.25, 0.3) is 0 Å². The Labute approximate surface area is 64.5 Å². The minimum Gasteiger partial charge on any atom is -0.382 e. The fourth-order valence-corrected chi connectivity index (χ4v) is 0.167. The maximum Gasteiger partial charge on any atom is 0.0696 e. The van der Waals surface area contributed by atoms with Gasteiger partial charge in [-0.05, 0) is 0 Å². The van der Waals surface area contributed by atoms with E-state index in [1.807, 2.05) is 0 Å². The highest BCUT2D eigenvalue weighted by Crippen LogP contribution is 1.76. The first-order valence-corrected chi connectivity index (χ1v) is 3.81. The predicted octanol–water partition coefficient (Wildman–Crippen LogP) is 2.09. The van der Waals surface area contributed by atoms with Gasteiger partial charge >= 0.3 is 0 Å². The summed E-state index contributed by atoms with van der Waals surface area (Å²) in [6.07, 6.45) is 2.64. The van der Waals surface area contributed by atoms with Gasteiger partial charge in [0, 0.05) is 14.2 Å². The third-order valence-corrected chi connectivity index (χ3v) is 0.992. The van der Waals surface area contributed by atoms with Gasteiger partial charge < -0.3 is 9.47 Å². The van der Waals surface area contributed by atoms with Crippen molar-refractivity contribution in [3.8, 4) is 0 Å². The van der Waals surface area contributed by atoms with Gasteiger partial charge in [-0.25, -0.2) is 0 Å². The lowest BCUT2D eigenvalue weighted by atomic mass is 10.4. The molecular formula is C8H20O2. The minimum atomic E-state index is 0.691. The molecule has 0 aromatic carbocycles. The van der Waals surface area contributed by atoms with Gasteiger partial charge in [0.1, 0.15) is 0 Å². The lowest BCUT2D eigenvalue weighted by Gasteiger charge is -1.91. The number of rotatable bonds is 4. The van der Waals surface area contributed by atoms with Gasteiger partial charge in [-0.15, -0.1) is 0 Å². The number of hydrogen-bond donors (Lipinski definition) is 0. The van der Waals surface area contributed by atoms with Crippen LogP contribution in [0.2, 0.25) is 0 Å². The van der Waals surface area contributed by atoms with E-state index in [1.165, 1.54) is 12.8 Å². The summed E-state index contributed by atoms with van der Waals surface area (Å²) in [5, 5.41) is 0. The van der Waals surface area contributed by atoms with Crippen LogP contribution >= 0.6 is 0 Å². The number of methoxy groups -OCH3 is 2. The van der Waals surface area contributed by atoms with Gasteiger partial charge in [-0.2, -0.15) is 0 Å². The highest BCUT2D eigenvalue weighted by Gasteiger charge is 1.73. The van der Waals surface area contributed by atoms with E-state index in [2.05, 4.69) is 23.3 Å². The molecule has 2 heteroatoms. The molecule has 0 radical (unpaired) electrons. The van der Waals surface area contributed by atoms with Crippen LogP contribution in [0.5, 0.6) is 0 Å². The summed E-state index contributed by atoms with van der Waals surface area (Å²) >= 11 is 0. The molecule has 64 valence electrons. The molecule has 0 atom stereocenters. The monoisotopic (exact) mass is 148 g/mol. The maximum absolute atomic E-state index is 4.66. The normalized spacial score (nSPS) is 8.40. The fourth-order valence-electron chi connectivity index (χ4n) is 0.167. The molecule has 10 heavy (non-hydrogen) atoms. The largest absolute Gasteiger partial charge is 0.382 e. The second-order valence-electron chi connectivity index (χ2n) is 1.99. The third kappa shape index (κ3) is 24.7. The first kappa shape index (κ1) is 12.6. The first-order valence-electron chi connectivity index (χ1n) is 3.81. The van der Waals surface area contributed by atoms with E-state index in [9.17, 15) is 0 Å². The molecule has 0 amide bonds. The number of ether oxygens (including phenoxy) is 2. The molecule has 0 aromatic heterocycles. The van der Waals surface area contributed by atoms with E-state index in [1.54, 1.807) is 14.2 Å². The molecular weight excluding hydrogens is 128 g/mol. The lowest BCUT2D eigenvalue weighted by molar-refractivity contribution is 0.103. The summed E-state index contributed by atoms with van der Waals surface area (Å²) in [7, 11) is 3.30. The summed E-state index contributed by atoms with van der Waals surface area (Å²) in [4.78, 5) is 0. The highest BCUT2D eigenvalue weighted by atomic mass is 16.5. The average Bonchev–Trinajstić information content (AvgIpc) is 2.01. The van der Waals surface area contributed by atoms with Crippen LogP contribution < -0.4 is 0 Å². The zero-order valence-electron chi connectivity index (χ0n) is 7.64. The van der Waals surface area contributed by atoms with Crippen molar-refractivity contribution >= 4 is 0 Å². The Morgan fingerprint density at radius 1 is 0.800 bits per heavy atom. The maximum atomic E-state index is 4.66. The summed E-state index contributed by atoms with van der Waals surface area (Å²) in [5.74, 6) is 0. The molecule has 0 N–H and O–H groups in total. The van der Waals surface area contributed by atoms with E-state index in [0.29, 0.717) is 13.2 Å². The molecule has 0 fully saturated rings. The Balaban J connectivity index is 0. The van der Waals surface area contributed by atoms with Gasteiger partial charge in [0.2, 0.25) is 0 Å². The molecule has 0 bridgehead atoms. The summed E-state index contributed by atoms with van der Waals surface area (Å²) in [6, 6.07) is 0. The van der Waals surface area contributed by atoms with Crippen LogP contribution in [-0.4, -0.2) is 27.4 Å². The van der Waals surface area contributed by atoms with E-state index < -0.39 is 0 Å². The lowest BCUT2D eigenvalue weighted by Crippen LogP contribution is -1.96. The first-order chi connectivity index (χ1) is 4.83. The smallest absolute Gasteiger partial charge is 0.0696 e. The molecule has 0 aliphatic rings. The van der Waals surface area contributed by atoms with Gasteiger partial charge in [0.05, 0.1) is 13.2 Å². The van der Waals surface area contributed by atoms with E-state index in [0.717, 1.165) is 0 Å². The quantitative estimate of drug-likeness (QED) is 0.568. The molecule has 0 rings (SSSR count). The molecule has 2 nitrogen and oxygen atoms in total. The fraction of sp³-hybridized carbons (Fsp3) is 1.00. The Bertz CT molecular complexity index is 32.2. The summed E-state index contributed by atoms with van der Waals surface area (Å²) in [5.41, 5.74) is 0. The van der Waals surface area contributed by atoms with E-state index in [-0.39, 0.29) is 0 Å². The van der Waals surface area contributed by atoms with Crippen LogP contribution in [0.25, 0.3) is 0 Å². The van der Waals surface area contributed by atoms with Crippen LogP contribution in [-0.2, 0) is 9.47 Å². The zero-order valence-corrected chi connectivity index (χ0v) is 7.64. The Hall–Kier alpha value is -0.0800. The van der Waals surface area contributed by atoms with Crippen molar-refractivity contribution in [2.24, 2.45) is 0 Å². The highest BCUT2D eigenvalue weighted by molar-refractivity contribution is 4.17. The molecule has 0 aliphatic heterocycles. The van der Waals surface area contributed by atoms with Crippen LogP contribution in [0.15, 0.2) is 0 Å². The number of unbranched alkanes of at least 4 members (excludes halogenated alkanes) is 1. The van der Waals surface area contributed by atoms with Crippen LogP contribution in [0.4, 0.5) is 0 Å². The van der Waals surface area contributed by atoms with Crippen molar-refractivity contribution in [3.63, 3.8) is 0 Å². The van der Waals surface area contributed by atoms with Crippen molar-refractivity contribution in [1.29, 1.82) is 0 Å². The molecule has 0 aromatic rings. The summed E-state index contributed by atoms with van der Waals surface area (Å²) in [6.45, 7) is 5.74. The van der Waals surface area contributed by atoms with Crippen molar-refractivity contribution in [3.05, 3.63) is 0 Å². The van der Waals surface area contributed by atoms with Crippen LogP contribution in [0.1, 0.15) is 26.7 Å². The Morgan fingerprint density at radius 3 is 1.20 bits per heavy atom. The number of hydrogen-bond acceptors (Lipinski definition) is 2. The van der Waals surface area contributed by atoms with Crippen LogP contribution in [0.3, 0.4) is 0 Å². The van der Waals surface area contributed by atoms with Gasteiger partial charge in [0.15, 0.2) is 0 Å². The summed E-state index contributed by atoms with van der Waals surface area (Å²) < 4.78 is 9.31. The van der Waals surface area contributed by atoms with Crippen molar-refractivity contribution in [2.45, 2.75) is 26.7 Å². The average molecular weight is 148 g/mol. The Morgan fingerprint density at radius 2 is 1.10 bits per heavy atom. The topological polar surface area (TPSA) is 18.5 Å². The minimum absolute atomic E-state index is 0.691. The van der Waals surface area contributed by atoms with Crippen LogP contribution in [0, 0.1) is 0 Å². The zero-order chi connectivity index (χ0) is 8.24. The molecule has 0 saturated heterocycles. The Kier molecular flexibility index (Phi) is 20.1. The molecule has 0 aliphatic carbocycles. The molecule has 0 saturated carbocycles. The van der Waals surface area contributed by atoms with Crippen molar-refractivity contribution < 1.29 is 9.47 Å². The van der Waals surface area contributed by atoms with Crippen molar-refractivity contribution in [1.82, 2.24) is 0 Å². The molecule has 0 heterocycles. The second-order valence-corrected chi connectivity index (χ2v) is 1.99. The van der Waals surface area contributed by atoms with Crippen molar-refractivity contribution in [2.75, 3.05) is 27.4 Å². The second kappa shape index (κ2) is 16.0. The van der Waals surface area contributed by atoms with Gasteiger partial charge in [-0.1, -0.05) is 26.7 Å². The van der Waals surface area contributed by atoms with E-state index in [4.69, 9.17) is 0 Å². The van der Waals surface area contributed by atoms with Gasteiger partial charge in [-0.3, -0.25) is 0 Å². The SMILES string of the molecule is CCCC.COCCOC.